The number of nitrogens with zero attached hydrogens (tertiary/aromatic N) is 1. The molecule has 0 aliphatic carbocycles. The highest BCUT2D eigenvalue weighted by Gasteiger charge is 2.09. The number of aryl methyl sites for hydroxylation is 1. The van der Waals surface area contributed by atoms with E-state index < -0.39 is 0 Å². The van der Waals surface area contributed by atoms with E-state index in [2.05, 4.69) is 37.4 Å². The molecular formula is C16H17N3. The minimum Gasteiger partial charge on any atom is -0.397 e. The molecule has 0 fully saturated rings. The molecule has 2 aromatic carbocycles. The lowest BCUT2D eigenvalue weighted by Gasteiger charge is -2.19. The van der Waals surface area contributed by atoms with Gasteiger partial charge in [0.25, 0.3) is 0 Å². The van der Waals surface area contributed by atoms with Crippen LogP contribution in [-0.4, -0.2) is 0 Å². The fraction of sp³-hybridized carbons (Fsp3) is 0.188. The number of nitriles is 1. The van der Waals surface area contributed by atoms with Crippen LogP contribution in [0.2, 0.25) is 0 Å². The van der Waals surface area contributed by atoms with Gasteiger partial charge in [-0.25, -0.2) is 0 Å². The minimum absolute atomic E-state index is 0.163. The first-order valence-electron chi connectivity index (χ1n) is 6.23. The molecule has 0 aliphatic rings. The molecule has 0 radical (unpaired) electrons. The van der Waals surface area contributed by atoms with Gasteiger partial charge in [0.1, 0.15) is 0 Å². The highest BCUT2D eigenvalue weighted by molar-refractivity contribution is 5.68. The highest BCUT2D eigenvalue weighted by atomic mass is 14.9. The van der Waals surface area contributed by atoms with E-state index in [4.69, 9.17) is 11.0 Å². The Labute approximate surface area is 113 Å². The van der Waals surface area contributed by atoms with Gasteiger partial charge in [-0.05, 0) is 43.2 Å². The van der Waals surface area contributed by atoms with Crippen molar-refractivity contribution >= 4 is 11.4 Å². The maximum Gasteiger partial charge on any atom is 0.0992 e. The number of hydrogen-bond acceptors (Lipinski definition) is 3. The van der Waals surface area contributed by atoms with Gasteiger partial charge in [-0.1, -0.05) is 24.3 Å². The molecule has 1 atom stereocenters. The van der Waals surface area contributed by atoms with E-state index in [-0.39, 0.29) is 6.04 Å². The zero-order valence-corrected chi connectivity index (χ0v) is 11.1. The molecule has 2 rings (SSSR count). The molecule has 0 amide bonds. The number of anilines is 2. The van der Waals surface area contributed by atoms with Crippen LogP contribution in [0.1, 0.15) is 29.7 Å². The van der Waals surface area contributed by atoms with Gasteiger partial charge in [-0.15, -0.1) is 0 Å². The summed E-state index contributed by atoms with van der Waals surface area (Å²) in [7, 11) is 0. The van der Waals surface area contributed by atoms with Gasteiger partial charge in [0.2, 0.25) is 0 Å². The number of nitrogens with two attached hydrogens (primary N) is 1. The lowest BCUT2D eigenvalue weighted by molar-refractivity contribution is 0.875. The predicted molar refractivity (Wildman–Crippen MR) is 78.8 cm³/mol. The number of nitrogen functional groups attached to an aromatic ring is 1. The second-order valence-electron chi connectivity index (χ2n) is 4.64. The monoisotopic (exact) mass is 251 g/mol. The molecule has 0 heterocycles. The summed E-state index contributed by atoms with van der Waals surface area (Å²) in [5.41, 5.74) is 10.5. The van der Waals surface area contributed by atoms with E-state index in [0.29, 0.717) is 11.3 Å². The van der Waals surface area contributed by atoms with Crippen LogP contribution in [0.4, 0.5) is 11.4 Å². The molecule has 0 saturated heterocycles. The summed E-state index contributed by atoms with van der Waals surface area (Å²) in [5, 5.41) is 12.2. The van der Waals surface area contributed by atoms with Crippen molar-refractivity contribution in [3.63, 3.8) is 0 Å². The Bertz CT molecular complexity index is 626. The van der Waals surface area contributed by atoms with Gasteiger partial charge in [0.05, 0.1) is 23.0 Å². The van der Waals surface area contributed by atoms with Gasteiger partial charge < -0.3 is 11.1 Å². The zero-order chi connectivity index (χ0) is 13.8. The maximum atomic E-state index is 8.82. The van der Waals surface area contributed by atoms with Crippen molar-refractivity contribution in [2.45, 2.75) is 19.9 Å². The molecule has 3 N–H and O–H groups in total. The lowest BCUT2D eigenvalue weighted by atomic mass is 10.0. The summed E-state index contributed by atoms with van der Waals surface area (Å²) in [4.78, 5) is 0. The van der Waals surface area contributed by atoms with Gasteiger partial charge >= 0.3 is 0 Å². The molecule has 3 nitrogen and oxygen atoms in total. The van der Waals surface area contributed by atoms with Crippen LogP contribution >= 0.6 is 0 Å². The largest absolute Gasteiger partial charge is 0.397 e. The Kier molecular flexibility index (Phi) is 3.72. The number of rotatable bonds is 3. The second kappa shape index (κ2) is 5.45. The maximum absolute atomic E-state index is 8.82. The Morgan fingerprint density at radius 1 is 1.21 bits per heavy atom. The Hall–Kier alpha value is -2.47. The fourth-order valence-corrected chi connectivity index (χ4v) is 2.15. The van der Waals surface area contributed by atoms with Gasteiger partial charge in [-0.2, -0.15) is 5.26 Å². The van der Waals surface area contributed by atoms with Gasteiger partial charge in [0, 0.05) is 6.04 Å². The summed E-state index contributed by atoms with van der Waals surface area (Å²) >= 11 is 0. The number of benzene rings is 2. The Morgan fingerprint density at radius 2 is 1.95 bits per heavy atom. The van der Waals surface area contributed by atoms with Crippen LogP contribution in [0, 0.1) is 18.3 Å². The van der Waals surface area contributed by atoms with Crippen molar-refractivity contribution in [3.8, 4) is 6.07 Å². The van der Waals surface area contributed by atoms with E-state index in [9.17, 15) is 0 Å². The highest BCUT2D eigenvalue weighted by Crippen LogP contribution is 2.26. The first-order chi connectivity index (χ1) is 9.11. The van der Waals surface area contributed by atoms with Crippen LogP contribution in [-0.2, 0) is 0 Å². The Balaban J connectivity index is 2.22. The zero-order valence-electron chi connectivity index (χ0n) is 11.1. The standard InChI is InChI=1S/C16H17N3/c1-11-5-3-4-6-14(11)12(2)19-16-8-7-13(10-17)9-15(16)18/h3-9,12,19H,18H2,1-2H3. The SMILES string of the molecule is Cc1ccccc1C(C)Nc1ccc(C#N)cc1N. The summed E-state index contributed by atoms with van der Waals surface area (Å²) in [5.74, 6) is 0. The van der Waals surface area contributed by atoms with E-state index in [0.717, 1.165) is 5.69 Å². The minimum atomic E-state index is 0.163. The topological polar surface area (TPSA) is 61.8 Å². The predicted octanol–water partition coefficient (Wildman–Crippen LogP) is 3.62. The van der Waals surface area contributed by atoms with Crippen molar-refractivity contribution < 1.29 is 0 Å². The van der Waals surface area contributed by atoms with Crippen molar-refractivity contribution in [1.29, 1.82) is 5.26 Å². The number of hydrogen-bond donors (Lipinski definition) is 2. The van der Waals surface area contributed by atoms with E-state index in [1.807, 2.05) is 18.2 Å². The third kappa shape index (κ3) is 2.86. The van der Waals surface area contributed by atoms with Crippen molar-refractivity contribution in [2.75, 3.05) is 11.1 Å². The molecule has 0 spiro atoms. The van der Waals surface area contributed by atoms with Gasteiger partial charge in [0.15, 0.2) is 0 Å². The lowest BCUT2D eigenvalue weighted by Crippen LogP contribution is -2.09. The normalized spacial score (nSPS) is 11.6. The van der Waals surface area contributed by atoms with Crippen LogP contribution < -0.4 is 11.1 Å². The van der Waals surface area contributed by atoms with Crippen molar-refractivity contribution in [2.24, 2.45) is 0 Å². The van der Waals surface area contributed by atoms with Crippen LogP contribution in [0.5, 0.6) is 0 Å². The molecule has 96 valence electrons. The first-order valence-corrected chi connectivity index (χ1v) is 6.23. The smallest absolute Gasteiger partial charge is 0.0992 e. The van der Waals surface area contributed by atoms with Crippen LogP contribution in [0.3, 0.4) is 0 Å². The van der Waals surface area contributed by atoms with Gasteiger partial charge in [-0.3, -0.25) is 0 Å². The summed E-state index contributed by atoms with van der Waals surface area (Å²) in [6.07, 6.45) is 0. The van der Waals surface area contributed by atoms with Crippen molar-refractivity contribution in [3.05, 3.63) is 59.2 Å². The number of nitrogens with one attached hydrogen (secondary N) is 1. The average Bonchev–Trinajstić information content (AvgIpc) is 2.41. The molecular weight excluding hydrogens is 234 g/mol. The third-order valence-corrected chi connectivity index (χ3v) is 3.21. The molecule has 3 heteroatoms. The average molecular weight is 251 g/mol. The molecule has 0 bridgehead atoms. The van der Waals surface area contributed by atoms with Crippen LogP contribution in [0.15, 0.2) is 42.5 Å². The van der Waals surface area contributed by atoms with E-state index in [1.54, 1.807) is 12.1 Å². The molecule has 19 heavy (non-hydrogen) atoms. The molecule has 1 unspecified atom stereocenters. The van der Waals surface area contributed by atoms with E-state index in [1.165, 1.54) is 11.1 Å². The fourth-order valence-electron chi connectivity index (χ4n) is 2.15. The molecule has 2 aromatic rings. The molecule has 0 aromatic heterocycles. The summed E-state index contributed by atoms with van der Waals surface area (Å²) in [6.45, 7) is 4.19. The van der Waals surface area contributed by atoms with Crippen molar-refractivity contribution in [1.82, 2.24) is 0 Å². The Morgan fingerprint density at radius 3 is 2.58 bits per heavy atom. The van der Waals surface area contributed by atoms with E-state index >= 15 is 0 Å². The quantitative estimate of drug-likeness (QED) is 0.819. The van der Waals surface area contributed by atoms with Crippen LogP contribution in [0.25, 0.3) is 0 Å². The molecule has 0 saturated carbocycles. The first kappa shape index (κ1) is 13.0. The summed E-state index contributed by atoms with van der Waals surface area (Å²) in [6, 6.07) is 15.8. The third-order valence-electron chi connectivity index (χ3n) is 3.21. The summed E-state index contributed by atoms with van der Waals surface area (Å²) < 4.78 is 0. The molecule has 0 aliphatic heterocycles. The second-order valence-corrected chi connectivity index (χ2v) is 4.64.